The number of carbonyl (C=O) groups is 1. The van der Waals surface area contributed by atoms with Crippen molar-refractivity contribution in [1.29, 1.82) is 0 Å². The molecule has 1 amide bonds. The number of pyridine rings is 1. The average molecular weight is 326 g/mol. The minimum Gasteiger partial charge on any atom is -0.322 e. The summed E-state index contributed by atoms with van der Waals surface area (Å²) in [7, 11) is 0. The molecule has 5 nitrogen and oxygen atoms in total. The molecule has 0 spiro atoms. The van der Waals surface area contributed by atoms with Crippen LogP contribution in [0.25, 0.3) is 22.3 Å². The largest absolute Gasteiger partial charge is 0.322 e. The lowest BCUT2D eigenvalue weighted by atomic mass is 10.1. The van der Waals surface area contributed by atoms with Gasteiger partial charge in [-0.05, 0) is 30.3 Å². The molecule has 4 rings (SSSR count). The van der Waals surface area contributed by atoms with E-state index in [1.54, 1.807) is 30.7 Å². The van der Waals surface area contributed by atoms with E-state index in [1.165, 1.54) is 0 Å². The Kier molecular flexibility index (Phi) is 3.88. The van der Waals surface area contributed by atoms with Gasteiger partial charge in [0.05, 0.1) is 5.52 Å². The van der Waals surface area contributed by atoms with Crippen molar-refractivity contribution >= 4 is 22.5 Å². The monoisotopic (exact) mass is 326 g/mol. The van der Waals surface area contributed by atoms with E-state index in [4.69, 9.17) is 0 Å². The summed E-state index contributed by atoms with van der Waals surface area (Å²) < 4.78 is 0. The SMILES string of the molecule is O=C(Nc1cccc(-c2ncc3ccccc3n2)c1)c1ccncc1. The molecular formula is C20H14N4O. The number of aromatic nitrogens is 3. The fraction of sp³-hybridized carbons (Fsp3) is 0. The lowest BCUT2D eigenvalue weighted by molar-refractivity contribution is 0.102. The van der Waals surface area contributed by atoms with E-state index in [2.05, 4.69) is 20.3 Å². The highest BCUT2D eigenvalue weighted by atomic mass is 16.1. The maximum absolute atomic E-state index is 12.3. The molecule has 5 heteroatoms. The van der Waals surface area contributed by atoms with Gasteiger partial charge in [0.15, 0.2) is 5.82 Å². The van der Waals surface area contributed by atoms with E-state index < -0.39 is 0 Å². The molecule has 25 heavy (non-hydrogen) atoms. The number of rotatable bonds is 3. The molecule has 0 atom stereocenters. The summed E-state index contributed by atoms with van der Waals surface area (Å²) >= 11 is 0. The smallest absolute Gasteiger partial charge is 0.255 e. The third-order valence-electron chi connectivity index (χ3n) is 3.81. The highest BCUT2D eigenvalue weighted by Gasteiger charge is 2.08. The summed E-state index contributed by atoms with van der Waals surface area (Å²) in [6.07, 6.45) is 4.99. The van der Waals surface area contributed by atoms with E-state index >= 15 is 0 Å². The number of fused-ring (bicyclic) bond motifs is 1. The number of para-hydroxylation sites is 1. The van der Waals surface area contributed by atoms with E-state index in [0.717, 1.165) is 16.5 Å². The van der Waals surface area contributed by atoms with Crippen LogP contribution in [-0.4, -0.2) is 20.9 Å². The zero-order valence-corrected chi connectivity index (χ0v) is 13.3. The lowest BCUT2D eigenvalue weighted by Gasteiger charge is -2.07. The van der Waals surface area contributed by atoms with Gasteiger partial charge < -0.3 is 5.32 Å². The van der Waals surface area contributed by atoms with Crippen molar-refractivity contribution in [2.24, 2.45) is 0 Å². The number of nitrogens with one attached hydrogen (secondary N) is 1. The molecule has 2 heterocycles. The normalized spacial score (nSPS) is 10.6. The molecule has 0 aliphatic rings. The van der Waals surface area contributed by atoms with Gasteiger partial charge in [0.1, 0.15) is 0 Å². The van der Waals surface area contributed by atoms with Gasteiger partial charge in [-0.1, -0.05) is 30.3 Å². The standard InChI is InChI=1S/C20H14N4O/c25-20(14-8-10-21-11-9-14)23-17-6-3-5-15(12-17)19-22-13-16-4-1-2-7-18(16)24-19/h1-13H,(H,23,25). The molecule has 1 N–H and O–H groups in total. The minimum atomic E-state index is -0.182. The van der Waals surface area contributed by atoms with Crippen LogP contribution in [0.2, 0.25) is 0 Å². The second-order valence-electron chi connectivity index (χ2n) is 5.52. The first kappa shape index (κ1) is 15.0. The molecule has 2 aromatic heterocycles. The van der Waals surface area contributed by atoms with Gasteiger partial charge in [0.2, 0.25) is 0 Å². The number of hydrogen-bond donors (Lipinski definition) is 1. The quantitative estimate of drug-likeness (QED) is 0.619. The summed E-state index contributed by atoms with van der Waals surface area (Å²) in [5.41, 5.74) is 2.98. The maximum atomic E-state index is 12.3. The number of benzene rings is 2. The van der Waals surface area contributed by atoms with Crippen molar-refractivity contribution in [3.05, 3.63) is 84.8 Å². The Morgan fingerprint density at radius 1 is 0.920 bits per heavy atom. The predicted molar refractivity (Wildman–Crippen MR) is 97.2 cm³/mol. The first-order valence-electron chi connectivity index (χ1n) is 7.83. The Morgan fingerprint density at radius 3 is 2.64 bits per heavy atom. The lowest BCUT2D eigenvalue weighted by Crippen LogP contribution is -2.11. The zero-order chi connectivity index (χ0) is 17.1. The summed E-state index contributed by atoms with van der Waals surface area (Å²) in [6.45, 7) is 0. The molecule has 0 radical (unpaired) electrons. The molecule has 0 aliphatic heterocycles. The number of anilines is 1. The third kappa shape index (κ3) is 3.21. The molecule has 0 unspecified atom stereocenters. The molecule has 0 fully saturated rings. The van der Waals surface area contributed by atoms with Crippen LogP contribution in [0.15, 0.2) is 79.3 Å². The van der Waals surface area contributed by atoms with Crippen LogP contribution >= 0.6 is 0 Å². The second-order valence-corrected chi connectivity index (χ2v) is 5.52. The molecular weight excluding hydrogens is 312 g/mol. The van der Waals surface area contributed by atoms with Crippen LogP contribution < -0.4 is 5.32 Å². The zero-order valence-electron chi connectivity index (χ0n) is 13.3. The van der Waals surface area contributed by atoms with Gasteiger partial charge in [-0.2, -0.15) is 0 Å². The minimum absolute atomic E-state index is 0.182. The van der Waals surface area contributed by atoms with Crippen LogP contribution in [0, 0.1) is 0 Å². The molecule has 4 aromatic rings. The molecule has 0 saturated carbocycles. The van der Waals surface area contributed by atoms with Crippen molar-refractivity contribution < 1.29 is 4.79 Å². The van der Waals surface area contributed by atoms with Crippen molar-refractivity contribution in [1.82, 2.24) is 15.0 Å². The Hall–Kier alpha value is -3.60. The molecule has 2 aromatic carbocycles. The second kappa shape index (κ2) is 6.49. The summed E-state index contributed by atoms with van der Waals surface area (Å²) in [6, 6.07) is 18.7. The van der Waals surface area contributed by atoms with E-state index in [0.29, 0.717) is 17.1 Å². The molecule has 0 saturated heterocycles. The molecule has 0 aliphatic carbocycles. The summed E-state index contributed by atoms with van der Waals surface area (Å²) in [5.74, 6) is 0.442. The van der Waals surface area contributed by atoms with Crippen LogP contribution in [0.5, 0.6) is 0 Å². The van der Waals surface area contributed by atoms with Gasteiger partial charge in [-0.3, -0.25) is 9.78 Å². The topological polar surface area (TPSA) is 67.8 Å². The van der Waals surface area contributed by atoms with E-state index in [-0.39, 0.29) is 5.91 Å². The predicted octanol–water partition coefficient (Wildman–Crippen LogP) is 3.94. The van der Waals surface area contributed by atoms with Gasteiger partial charge in [0.25, 0.3) is 5.91 Å². The fourth-order valence-electron chi connectivity index (χ4n) is 2.55. The first-order valence-corrected chi connectivity index (χ1v) is 7.83. The molecule has 120 valence electrons. The highest BCUT2D eigenvalue weighted by molar-refractivity contribution is 6.04. The van der Waals surface area contributed by atoms with Crippen LogP contribution in [0.4, 0.5) is 5.69 Å². The maximum Gasteiger partial charge on any atom is 0.255 e. The van der Waals surface area contributed by atoms with E-state index in [1.807, 2.05) is 48.5 Å². The Labute approximate surface area is 144 Å². The Balaban J connectivity index is 1.63. The first-order chi connectivity index (χ1) is 12.3. The van der Waals surface area contributed by atoms with Gasteiger partial charge in [-0.15, -0.1) is 0 Å². The molecule has 0 bridgehead atoms. The number of amides is 1. The van der Waals surface area contributed by atoms with Crippen LogP contribution in [0.3, 0.4) is 0 Å². The van der Waals surface area contributed by atoms with Gasteiger partial charge in [0, 0.05) is 40.8 Å². The van der Waals surface area contributed by atoms with Crippen molar-refractivity contribution in [3.63, 3.8) is 0 Å². The third-order valence-corrected chi connectivity index (χ3v) is 3.81. The fourth-order valence-corrected chi connectivity index (χ4v) is 2.55. The number of hydrogen-bond acceptors (Lipinski definition) is 4. The van der Waals surface area contributed by atoms with Crippen molar-refractivity contribution in [2.45, 2.75) is 0 Å². The number of carbonyl (C=O) groups excluding carboxylic acids is 1. The highest BCUT2D eigenvalue weighted by Crippen LogP contribution is 2.21. The van der Waals surface area contributed by atoms with Crippen molar-refractivity contribution in [2.75, 3.05) is 5.32 Å². The van der Waals surface area contributed by atoms with Gasteiger partial charge in [-0.25, -0.2) is 9.97 Å². The number of nitrogens with zero attached hydrogens (tertiary/aromatic N) is 3. The Bertz CT molecular complexity index is 1050. The summed E-state index contributed by atoms with van der Waals surface area (Å²) in [5, 5.41) is 3.88. The average Bonchev–Trinajstić information content (AvgIpc) is 2.68. The van der Waals surface area contributed by atoms with E-state index in [9.17, 15) is 4.79 Å². The Morgan fingerprint density at radius 2 is 1.76 bits per heavy atom. The summed E-state index contributed by atoms with van der Waals surface area (Å²) in [4.78, 5) is 25.2. The van der Waals surface area contributed by atoms with Crippen LogP contribution in [-0.2, 0) is 0 Å². The van der Waals surface area contributed by atoms with Gasteiger partial charge >= 0.3 is 0 Å². The van der Waals surface area contributed by atoms with Crippen LogP contribution in [0.1, 0.15) is 10.4 Å². The van der Waals surface area contributed by atoms with Crippen molar-refractivity contribution in [3.8, 4) is 11.4 Å².